The van der Waals surface area contributed by atoms with E-state index in [0.29, 0.717) is 18.8 Å². The molecule has 1 aromatic rings. The largest absolute Gasteiger partial charge is 0.475 e. The molecule has 1 aliphatic carbocycles. The molecule has 1 aliphatic rings. The van der Waals surface area contributed by atoms with Crippen molar-refractivity contribution in [2.45, 2.75) is 18.9 Å². The summed E-state index contributed by atoms with van der Waals surface area (Å²) in [5.74, 6) is -0.340. The Kier molecular flexibility index (Phi) is 5.51. The minimum absolute atomic E-state index is 0.0538. The van der Waals surface area contributed by atoms with Crippen LogP contribution >= 0.6 is 0 Å². The molecule has 0 bridgehead atoms. The molecule has 1 saturated carbocycles. The molecular weight excluding hydrogens is 274 g/mol. The van der Waals surface area contributed by atoms with Crippen molar-refractivity contribution in [1.29, 1.82) is 0 Å². The molecule has 1 aromatic heterocycles. The average molecular weight is 293 g/mol. The van der Waals surface area contributed by atoms with Crippen molar-refractivity contribution in [3.63, 3.8) is 0 Å². The van der Waals surface area contributed by atoms with Crippen molar-refractivity contribution in [3.05, 3.63) is 23.9 Å². The molecule has 0 radical (unpaired) electrons. The molecule has 7 nitrogen and oxygen atoms in total. The number of hydrogen-bond acceptors (Lipinski definition) is 5. The maximum Gasteiger partial charge on any atom is 0.257 e. The van der Waals surface area contributed by atoms with Crippen LogP contribution in [0.15, 0.2) is 18.3 Å². The van der Waals surface area contributed by atoms with Gasteiger partial charge in [-0.05, 0) is 25.0 Å². The minimum Gasteiger partial charge on any atom is -0.475 e. The summed E-state index contributed by atoms with van der Waals surface area (Å²) in [6.07, 6.45) is 3.57. The van der Waals surface area contributed by atoms with Crippen LogP contribution in [0.1, 0.15) is 23.2 Å². The number of carbonyl (C=O) groups excluding carboxylic acids is 2. The first-order valence-electron chi connectivity index (χ1n) is 6.85. The summed E-state index contributed by atoms with van der Waals surface area (Å²) in [6.45, 7) is 0.652. The second kappa shape index (κ2) is 7.58. The minimum atomic E-state index is -0.388. The lowest BCUT2D eigenvalue weighted by Crippen LogP contribution is -2.38. The molecule has 0 unspecified atom stereocenters. The summed E-state index contributed by atoms with van der Waals surface area (Å²) in [4.78, 5) is 27.6. The van der Waals surface area contributed by atoms with Crippen LogP contribution in [0.3, 0.4) is 0 Å². The Morgan fingerprint density at radius 1 is 1.38 bits per heavy atom. The maximum atomic E-state index is 12.1. The third-order valence-electron chi connectivity index (χ3n) is 2.89. The number of rotatable bonds is 8. The van der Waals surface area contributed by atoms with Gasteiger partial charge in [0.05, 0.1) is 13.2 Å². The molecule has 114 valence electrons. The smallest absolute Gasteiger partial charge is 0.257 e. The summed E-state index contributed by atoms with van der Waals surface area (Å²) >= 11 is 0. The van der Waals surface area contributed by atoms with E-state index in [-0.39, 0.29) is 30.3 Å². The number of hydrogen-bond donors (Lipinski definition) is 2. The molecule has 7 heteroatoms. The van der Waals surface area contributed by atoms with Crippen LogP contribution in [0.4, 0.5) is 0 Å². The van der Waals surface area contributed by atoms with Gasteiger partial charge in [0.15, 0.2) is 0 Å². The average Bonchev–Trinajstić information content (AvgIpc) is 3.29. The Labute approximate surface area is 123 Å². The third-order valence-corrected chi connectivity index (χ3v) is 2.89. The van der Waals surface area contributed by atoms with Gasteiger partial charge in [-0.25, -0.2) is 4.98 Å². The predicted molar refractivity (Wildman–Crippen MR) is 75.1 cm³/mol. The van der Waals surface area contributed by atoms with Crippen LogP contribution < -0.4 is 15.4 Å². The van der Waals surface area contributed by atoms with E-state index in [1.54, 1.807) is 25.4 Å². The van der Waals surface area contributed by atoms with E-state index in [0.717, 1.165) is 12.8 Å². The lowest BCUT2D eigenvalue weighted by Gasteiger charge is -2.10. The summed E-state index contributed by atoms with van der Waals surface area (Å²) in [5, 5.41) is 5.36. The third kappa shape index (κ3) is 5.03. The molecule has 1 heterocycles. The van der Waals surface area contributed by atoms with Crippen LogP contribution in [-0.2, 0) is 9.53 Å². The van der Waals surface area contributed by atoms with Gasteiger partial charge in [0, 0.05) is 19.3 Å². The number of nitrogens with one attached hydrogen (secondary N) is 2. The SMILES string of the molecule is COCCOc1ncccc1C(=O)NCC(=O)NC1CC1. The Morgan fingerprint density at radius 2 is 2.19 bits per heavy atom. The Balaban J connectivity index is 1.86. The first-order chi connectivity index (χ1) is 10.2. The number of nitrogens with zero attached hydrogens (tertiary/aromatic N) is 1. The molecule has 21 heavy (non-hydrogen) atoms. The van der Waals surface area contributed by atoms with Gasteiger partial charge in [0.25, 0.3) is 5.91 Å². The summed E-state index contributed by atoms with van der Waals surface area (Å²) in [7, 11) is 1.56. The number of ether oxygens (including phenoxy) is 2. The number of aromatic nitrogens is 1. The summed E-state index contributed by atoms with van der Waals surface area (Å²) in [5.41, 5.74) is 0.299. The predicted octanol–water partition coefficient (Wildman–Crippen LogP) is 0.115. The number of methoxy groups -OCH3 is 1. The second-order valence-corrected chi connectivity index (χ2v) is 4.72. The van der Waals surface area contributed by atoms with E-state index >= 15 is 0 Å². The molecule has 2 amide bonds. The molecule has 1 fully saturated rings. The zero-order chi connectivity index (χ0) is 15.1. The highest BCUT2D eigenvalue weighted by molar-refractivity contribution is 5.98. The van der Waals surface area contributed by atoms with Gasteiger partial charge in [-0.3, -0.25) is 9.59 Å². The molecule has 0 saturated heterocycles. The Bertz CT molecular complexity index is 503. The molecule has 2 rings (SSSR count). The van der Waals surface area contributed by atoms with Gasteiger partial charge in [-0.15, -0.1) is 0 Å². The van der Waals surface area contributed by atoms with Crippen molar-refractivity contribution >= 4 is 11.8 Å². The molecule has 0 aliphatic heterocycles. The Morgan fingerprint density at radius 3 is 2.90 bits per heavy atom. The summed E-state index contributed by atoms with van der Waals surface area (Å²) < 4.78 is 10.3. The van der Waals surface area contributed by atoms with Crippen LogP contribution in [0.5, 0.6) is 5.88 Å². The van der Waals surface area contributed by atoms with E-state index in [1.807, 2.05) is 0 Å². The maximum absolute atomic E-state index is 12.1. The van der Waals surface area contributed by atoms with Crippen LogP contribution in [0.25, 0.3) is 0 Å². The second-order valence-electron chi connectivity index (χ2n) is 4.72. The van der Waals surface area contributed by atoms with Crippen molar-refractivity contribution in [2.75, 3.05) is 26.9 Å². The van der Waals surface area contributed by atoms with E-state index < -0.39 is 0 Å². The Hall–Kier alpha value is -2.15. The lowest BCUT2D eigenvalue weighted by atomic mass is 10.2. The van der Waals surface area contributed by atoms with Crippen LogP contribution in [0.2, 0.25) is 0 Å². The van der Waals surface area contributed by atoms with Gasteiger partial charge in [-0.2, -0.15) is 0 Å². The van der Waals surface area contributed by atoms with Crippen LogP contribution in [-0.4, -0.2) is 49.7 Å². The van der Waals surface area contributed by atoms with E-state index in [2.05, 4.69) is 15.6 Å². The zero-order valence-electron chi connectivity index (χ0n) is 11.9. The monoisotopic (exact) mass is 293 g/mol. The molecular formula is C14H19N3O4. The molecule has 0 spiro atoms. The van der Waals surface area contributed by atoms with E-state index in [9.17, 15) is 9.59 Å². The standard InChI is InChI=1S/C14H19N3O4/c1-20-7-8-21-14-11(3-2-6-15-14)13(19)16-9-12(18)17-10-4-5-10/h2-3,6,10H,4-5,7-9H2,1H3,(H,16,19)(H,17,18). The fraction of sp³-hybridized carbons (Fsp3) is 0.500. The fourth-order valence-electron chi connectivity index (χ4n) is 1.66. The van der Waals surface area contributed by atoms with E-state index in [4.69, 9.17) is 9.47 Å². The van der Waals surface area contributed by atoms with Crippen LogP contribution in [0, 0.1) is 0 Å². The van der Waals surface area contributed by atoms with Gasteiger partial charge in [0.1, 0.15) is 12.2 Å². The van der Waals surface area contributed by atoms with E-state index in [1.165, 1.54) is 0 Å². The fourth-order valence-corrected chi connectivity index (χ4v) is 1.66. The van der Waals surface area contributed by atoms with Gasteiger partial charge in [0.2, 0.25) is 11.8 Å². The van der Waals surface area contributed by atoms with Gasteiger partial charge >= 0.3 is 0 Å². The van der Waals surface area contributed by atoms with Crippen molar-refractivity contribution in [3.8, 4) is 5.88 Å². The highest BCUT2D eigenvalue weighted by Gasteiger charge is 2.23. The highest BCUT2D eigenvalue weighted by Crippen LogP contribution is 2.18. The number of carbonyl (C=O) groups is 2. The number of pyridine rings is 1. The zero-order valence-corrected chi connectivity index (χ0v) is 11.9. The summed E-state index contributed by atoms with van der Waals surface area (Å²) in [6, 6.07) is 3.52. The molecule has 2 N–H and O–H groups in total. The first-order valence-corrected chi connectivity index (χ1v) is 6.85. The highest BCUT2D eigenvalue weighted by atomic mass is 16.5. The molecule has 0 atom stereocenters. The van der Waals surface area contributed by atoms with Gasteiger partial charge < -0.3 is 20.1 Å². The first kappa shape index (κ1) is 15.2. The van der Waals surface area contributed by atoms with Crippen molar-refractivity contribution < 1.29 is 19.1 Å². The number of amides is 2. The van der Waals surface area contributed by atoms with Crippen molar-refractivity contribution in [1.82, 2.24) is 15.6 Å². The normalized spacial score (nSPS) is 13.6. The lowest BCUT2D eigenvalue weighted by molar-refractivity contribution is -0.120. The van der Waals surface area contributed by atoms with Crippen molar-refractivity contribution in [2.24, 2.45) is 0 Å². The topological polar surface area (TPSA) is 89.6 Å². The quantitative estimate of drug-likeness (QED) is 0.664. The van der Waals surface area contributed by atoms with Gasteiger partial charge in [-0.1, -0.05) is 0 Å². The molecule has 0 aromatic carbocycles.